The van der Waals surface area contributed by atoms with Crippen molar-refractivity contribution in [1.82, 2.24) is 4.90 Å². The number of halogens is 2. The zero-order valence-electron chi connectivity index (χ0n) is 13.6. The molecule has 0 aromatic heterocycles. The molecule has 1 amide bonds. The Hall–Kier alpha value is -2.76. The van der Waals surface area contributed by atoms with Crippen LogP contribution in [0.5, 0.6) is 0 Å². The second-order valence-corrected chi connectivity index (χ2v) is 5.73. The first-order chi connectivity index (χ1) is 12.0. The lowest BCUT2D eigenvalue weighted by atomic mass is 10.1. The largest absolute Gasteiger partial charge is 0.480 e. The first kappa shape index (κ1) is 18.6. The van der Waals surface area contributed by atoms with Crippen LogP contribution in [0.4, 0.5) is 8.78 Å². The quantitative estimate of drug-likeness (QED) is 0.796. The summed E-state index contributed by atoms with van der Waals surface area (Å²) in [7, 11) is 0. The Morgan fingerprint density at radius 1 is 0.960 bits per heavy atom. The molecule has 0 aliphatic heterocycles. The van der Waals surface area contributed by atoms with Crippen LogP contribution in [0.3, 0.4) is 0 Å². The Morgan fingerprint density at radius 2 is 1.68 bits per heavy atom. The molecule has 0 atom stereocenters. The molecule has 0 bridgehead atoms. The minimum Gasteiger partial charge on any atom is -0.480 e. The van der Waals surface area contributed by atoms with E-state index < -0.39 is 17.6 Å². The van der Waals surface area contributed by atoms with Gasteiger partial charge in [0, 0.05) is 13.0 Å². The van der Waals surface area contributed by atoms with Crippen molar-refractivity contribution in [2.24, 2.45) is 0 Å². The van der Waals surface area contributed by atoms with Crippen LogP contribution >= 0.6 is 0 Å². The summed E-state index contributed by atoms with van der Waals surface area (Å²) in [4.78, 5) is 24.6. The first-order valence-corrected chi connectivity index (χ1v) is 7.93. The number of hydrogen-bond donors (Lipinski definition) is 1. The molecule has 0 radical (unpaired) electrons. The molecule has 2 aromatic rings. The standard InChI is InChI=1S/C19H19F2NO3/c20-16-10-9-14(11-17(16)21)7-4-8-18(23)22(13-19(24)25)12-15-5-2-1-3-6-15/h1-3,5-6,9-11H,4,7-8,12-13H2,(H,24,25). The Labute approximate surface area is 144 Å². The molecule has 0 spiro atoms. The molecule has 25 heavy (non-hydrogen) atoms. The predicted octanol–water partition coefficient (Wildman–Crippen LogP) is 3.40. The topological polar surface area (TPSA) is 57.6 Å². The summed E-state index contributed by atoms with van der Waals surface area (Å²) in [5.41, 5.74) is 1.44. The molecule has 0 fully saturated rings. The number of nitrogens with zero attached hydrogens (tertiary/aromatic N) is 1. The highest BCUT2D eigenvalue weighted by Gasteiger charge is 2.17. The first-order valence-electron chi connectivity index (χ1n) is 7.93. The van der Waals surface area contributed by atoms with Crippen LogP contribution in [0.25, 0.3) is 0 Å². The minimum atomic E-state index is -1.08. The van der Waals surface area contributed by atoms with Gasteiger partial charge in [-0.05, 0) is 36.1 Å². The summed E-state index contributed by atoms with van der Waals surface area (Å²) in [6.07, 6.45) is 0.975. The fraction of sp³-hybridized carbons (Fsp3) is 0.263. The van der Waals surface area contributed by atoms with E-state index in [2.05, 4.69) is 0 Å². The second-order valence-electron chi connectivity index (χ2n) is 5.73. The Balaban J connectivity index is 1.92. The summed E-state index contributed by atoms with van der Waals surface area (Å²) in [6, 6.07) is 12.8. The Bertz CT molecular complexity index is 735. The predicted molar refractivity (Wildman–Crippen MR) is 88.8 cm³/mol. The molecule has 0 unspecified atom stereocenters. The van der Waals surface area contributed by atoms with Gasteiger partial charge in [0.05, 0.1) is 0 Å². The lowest BCUT2D eigenvalue weighted by Gasteiger charge is -2.21. The van der Waals surface area contributed by atoms with Gasteiger partial charge in [0.2, 0.25) is 5.91 Å². The van der Waals surface area contributed by atoms with Crippen molar-refractivity contribution in [3.8, 4) is 0 Å². The molecular formula is C19H19F2NO3. The van der Waals surface area contributed by atoms with Crippen molar-refractivity contribution in [2.75, 3.05) is 6.54 Å². The van der Waals surface area contributed by atoms with Crippen molar-refractivity contribution in [2.45, 2.75) is 25.8 Å². The van der Waals surface area contributed by atoms with Crippen LogP contribution in [0, 0.1) is 11.6 Å². The van der Waals surface area contributed by atoms with Crippen LogP contribution in [-0.2, 0) is 22.6 Å². The maximum absolute atomic E-state index is 13.2. The van der Waals surface area contributed by atoms with Crippen molar-refractivity contribution >= 4 is 11.9 Å². The van der Waals surface area contributed by atoms with Crippen molar-refractivity contribution < 1.29 is 23.5 Å². The third-order valence-electron chi connectivity index (χ3n) is 3.74. The summed E-state index contributed by atoms with van der Waals surface area (Å²) in [6.45, 7) is -0.157. The molecule has 0 heterocycles. The highest BCUT2D eigenvalue weighted by atomic mass is 19.2. The van der Waals surface area contributed by atoms with Gasteiger partial charge in [-0.15, -0.1) is 0 Å². The van der Waals surface area contributed by atoms with E-state index in [1.165, 1.54) is 11.0 Å². The number of aryl methyl sites for hydroxylation is 1. The normalized spacial score (nSPS) is 10.5. The van der Waals surface area contributed by atoms with Gasteiger partial charge in [-0.2, -0.15) is 0 Å². The number of benzene rings is 2. The molecule has 4 nitrogen and oxygen atoms in total. The highest BCUT2D eigenvalue weighted by molar-refractivity contribution is 5.81. The van der Waals surface area contributed by atoms with Gasteiger partial charge in [-0.3, -0.25) is 9.59 Å². The zero-order valence-corrected chi connectivity index (χ0v) is 13.6. The summed E-state index contributed by atoms with van der Waals surface area (Å²) in [5, 5.41) is 9.00. The number of carboxylic acids is 1. The van der Waals surface area contributed by atoms with Gasteiger partial charge in [0.25, 0.3) is 0 Å². The molecule has 0 aliphatic carbocycles. The molecule has 0 aliphatic rings. The van der Waals surface area contributed by atoms with E-state index >= 15 is 0 Å². The summed E-state index contributed by atoms with van der Waals surface area (Å²) in [5.74, 6) is -3.19. The Kier molecular flexibility index (Phi) is 6.62. The Morgan fingerprint density at radius 3 is 2.32 bits per heavy atom. The van der Waals surface area contributed by atoms with E-state index in [4.69, 9.17) is 5.11 Å². The van der Waals surface area contributed by atoms with E-state index in [1.54, 1.807) is 0 Å². The second kappa shape index (κ2) is 8.92. The zero-order chi connectivity index (χ0) is 18.2. The molecule has 0 saturated carbocycles. The van der Waals surface area contributed by atoms with Crippen LogP contribution in [0.15, 0.2) is 48.5 Å². The lowest BCUT2D eigenvalue weighted by molar-refractivity contribution is -0.144. The van der Waals surface area contributed by atoms with E-state index in [-0.39, 0.29) is 25.4 Å². The van der Waals surface area contributed by atoms with Gasteiger partial charge in [-0.1, -0.05) is 36.4 Å². The highest BCUT2D eigenvalue weighted by Crippen LogP contribution is 2.13. The van der Waals surface area contributed by atoms with Crippen LogP contribution in [0.1, 0.15) is 24.0 Å². The third-order valence-corrected chi connectivity index (χ3v) is 3.74. The molecule has 0 saturated heterocycles. The van der Waals surface area contributed by atoms with Crippen molar-refractivity contribution in [3.05, 3.63) is 71.3 Å². The number of carbonyl (C=O) groups is 2. The van der Waals surface area contributed by atoms with E-state index in [0.29, 0.717) is 18.4 Å². The summed E-state index contributed by atoms with van der Waals surface area (Å²) < 4.78 is 26.1. The fourth-order valence-corrected chi connectivity index (χ4v) is 2.50. The molecule has 1 N–H and O–H groups in total. The van der Waals surface area contributed by atoms with Crippen molar-refractivity contribution in [3.63, 3.8) is 0 Å². The number of carbonyl (C=O) groups excluding carboxylic acids is 1. The van der Waals surface area contributed by atoms with E-state index in [0.717, 1.165) is 17.7 Å². The molecule has 6 heteroatoms. The lowest BCUT2D eigenvalue weighted by Crippen LogP contribution is -2.35. The molecule has 2 aromatic carbocycles. The SMILES string of the molecule is O=C(O)CN(Cc1ccccc1)C(=O)CCCc1ccc(F)c(F)c1. The average molecular weight is 347 g/mol. The third kappa shape index (κ3) is 5.99. The monoisotopic (exact) mass is 347 g/mol. The van der Waals surface area contributed by atoms with E-state index in [9.17, 15) is 18.4 Å². The van der Waals surface area contributed by atoms with Crippen LogP contribution in [-0.4, -0.2) is 28.4 Å². The number of rotatable bonds is 8. The maximum Gasteiger partial charge on any atom is 0.323 e. The van der Waals surface area contributed by atoms with E-state index in [1.807, 2.05) is 30.3 Å². The van der Waals surface area contributed by atoms with Gasteiger partial charge < -0.3 is 10.0 Å². The van der Waals surface area contributed by atoms with Crippen LogP contribution in [0.2, 0.25) is 0 Å². The fourth-order valence-electron chi connectivity index (χ4n) is 2.50. The van der Waals surface area contributed by atoms with Gasteiger partial charge >= 0.3 is 5.97 Å². The molecule has 132 valence electrons. The molecule has 2 rings (SSSR count). The van der Waals surface area contributed by atoms with Gasteiger partial charge in [0.15, 0.2) is 11.6 Å². The van der Waals surface area contributed by atoms with Crippen molar-refractivity contribution in [1.29, 1.82) is 0 Å². The number of hydrogen-bond acceptors (Lipinski definition) is 2. The number of carboxylic acid groups (broad SMARTS) is 1. The van der Waals surface area contributed by atoms with Gasteiger partial charge in [-0.25, -0.2) is 8.78 Å². The average Bonchev–Trinajstić information content (AvgIpc) is 2.58. The molecular weight excluding hydrogens is 328 g/mol. The van der Waals surface area contributed by atoms with Crippen LogP contribution < -0.4 is 0 Å². The number of amides is 1. The summed E-state index contributed by atoms with van der Waals surface area (Å²) >= 11 is 0. The number of aliphatic carboxylic acids is 1. The smallest absolute Gasteiger partial charge is 0.323 e. The van der Waals surface area contributed by atoms with Gasteiger partial charge in [0.1, 0.15) is 6.54 Å². The maximum atomic E-state index is 13.2. The minimum absolute atomic E-state index is 0.138.